The molecule has 5 nitrogen and oxygen atoms in total. The number of carbonyl (C=O) groups is 1. The Morgan fingerprint density at radius 1 is 1.47 bits per heavy atom. The largest absolute Gasteiger partial charge is 0.465 e. The minimum absolute atomic E-state index is 0.207. The summed E-state index contributed by atoms with van der Waals surface area (Å²) < 4.78 is 15.4. The van der Waals surface area contributed by atoms with Crippen LogP contribution in [-0.4, -0.2) is 25.9 Å². The number of nitrogens with two attached hydrogens (primary N) is 1. The van der Waals surface area contributed by atoms with Crippen LogP contribution in [0.1, 0.15) is 18.4 Å². The Morgan fingerprint density at radius 3 is 2.94 bits per heavy atom. The first kappa shape index (κ1) is 11.7. The topological polar surface area (TPSA) is 70.8 Å². The van der Waals surface area contributed by atoms with Gasteiger partial charge in [0.1, 0.15) is 0 Å². The third kappa shape index (κ3) is 2.34. The van der Waals surface area contributed by atoms with Gasteiger partial charge in [0.15, 0.2) is 11.5 Å². The lowest BCUT2D eigenvalue weighted by molar-refractivity contribution is -0.144. The lowest BCUT2D eigenvalue weighted by atomic mass is 9.99. The molecule has 2 rings (SSSR count). The number of rotatable bonds is 4. The summed E-state index contributed by atoms with van der Waals surface area (Å²) in [5.41, 5.74) is 6.40. The van der Waals surface area contributed by atoms with Gasteiger partial charge in [0.05, 0.1) is 12.5 Å². The fourth-order valence-electron chi connectivity index (χ4n) is 1.74. The molecule has 0 bridgehead atoms. The molecule has 1 aliphatic rings. The van der Waals surface area contributed by atoms with Crippen molar-refractivity contribution in [1.82, 2.24) is 0 Å². The van der Waals surface area contributed by atoms with Gasteiger partial charge in [-0.05, 0) is 24.6 Å². The Morgan fingerprint density at radius 2 is 2.24 bits per heavy atom. The van der Waals surface area contributed by atoms with Crippen LogP contribution in [0.25, 0.3) is 0 Å². The molecule has 17 heavy (non-hydrogen) atoms. The van der Waals surface area contributed by atoms with E-state index < -0.39 is 5.92 Å². The molecule has 0 fully saturated rings. The maximum Gasteiger partial charge on any atom is 0.314 e. The standard InChI is InChI=1S/C12H15NO4/c1-2-15-12(14)9(6-13)8-3-4-10-11(5-8)17-7-16-10/h3-5,9H,2,6-7,13H2,1H3. The number of ether oxygens (including phenoxy) is 3. The number of esters is 1. The van der Waals surface area contributed by atoms with Gasteiger partial charge in [-0.25, -0.2) is 0 Å². The molecule has 1 aromatic rings. The fourth-order valence-corrected chi connectivity index (χ4v) is 1.74. The minimum atomic E-state index is -0.454. The van der Waals surface area contributed by atoms with E-state index in [0.717, 1.165) is 5.56 Å². The quantitative estimate of drug-likeness (QED) is 0.792. The number of hydrogen-bond donors (Lipinski definition) is 1. The van der Waals surface area contributed by atoms with E-state index in [1.807, 2.05) is 6.07 Å². The van der Waals surface area contributed by atoms with Gasteiger partial charge in [-0.1, -0.05) is 6.07 Å². The van der Waals surface area contributed by atoms with Crippen LogP contribution in [0.5, 0.6) is 11.5 Å². The third-order valence-corrected chi connectivity index (χ3v) is 2.61. The van der Waals surface area contributed by atoms with Crippen LogP contribution in [0.15, 0.2) is 18.2 Å². The molecule has 1 aromatic carbocycles. The summed E-state index contributed by atoms with van der Waals surface area (Å²) in [7, 11) is 0. The van der Waals surface area contributed by atoms with E-state index in [-0.39, 0.29) is 19.3 Å². The monoisotopic (exact) mass is 237 g/mol. The summed E-state index contributed by atoms with van der Waals surface area (Å²) in [5, 5.41) is 0. The first-order valence-corrected chi connectivity index (χ1v) is 5.52. The van der Waals surface area contributed by atoms with Crippen LogP contribution in [0.3, 0.4) is 0 Å². The van der Waals surface area contributed by atoms with Gasteiger partial charge >= 0.3 is 5.97 Å². The summed E-state index contributed by atoms with van der Waals surface area (Å²) in [6.45, 7) is 2.54. The molecule has 1 unspecified atom stereocenters. The molecule has 5 heteroatoms. The normalized spacial score (nSPS) is 14.5. The second kappa shape index (κ2) is 5.05. The summed E-state index contributed by atoms with van der Waals surface area (Å²) >= 11 is 0. The zero-order chi connectivity index (χ0) is 12.3. The van der Waals surface area contributed by atoms with Crippen LogP contribution in [0, 0.1) is 0 Å². The number of benzene rings is 1. The van der Waals surface area contributed by atoms with Crippen LogP contribution in [0.2, 0.25) is 0 Å². The van der Waals surface area contributed by atoms with Crippen molar-refractivity contribution in [3.8, 4) is 11.5 Å². The average molecular weight is 237 g/mol. The van der Waals surface area contributed by atoms with Gasteiger partial charge in [0.2, 0.25) is 6.79 Å². The number of hydrogen-bond acceptors (Lipinski definition) is 5. The summed E-state index contributed by atoms with van der Waals surface area (Å²) in [5.74, 6) is 0.567. The van der Waals surface area contributed by atoms with E-state index in [0.29, 0.717) is 18.1 Å². The summed E-state index contributed by atoms with van der Waals surface area (Å²) in [6, 6.07) is 5.36. The Hall–Kier alpha value is -1.75. The molecule has 1 atom stereocenters. The molecule has 0 saturated carbocycles. The Labute approximate surface area is 99.5 Å². The van der Waals surface area contributed by atoms with Crippen LogP contribution < -0.4 is 15.2 Å². The molecule has 0 aromatic heterocycles. The van der Waals surface area contributed by atoms with Crippen molar-refractivity contribution in [1.29, 1.82) is 0 Å². The Balaban J connectivity index is 2.22. The summed E-state index contributed by atoms with van der Waals surface area (Å²) in [4.78, 5) is 11.7. The first-order chi connectivity index (χ1) is 8.26. The first-order valence-electron chi connectivity index (χ1n) is 5.52. The second-order valence-corrected chi connectivity index (χ2v) is 3.65. The van der Waals surface area contributed by atoms with E-state index in [1.54, 1.807) is 19.1 Å². The molecular formula is C12H15NO4. The summed E-state index contributed by atoms with van der Waals surface area (Å²) in [6.07, 6.45) is 0. The fraction of sp³-hybridized carbons (Fsp3) is 0.417. The van der Waals surface area contributed by atoms with E-state index in [4.69, 9.17) is 19.9 Å². The molecule has 2 N–H and O–H groups in total. The van der Waals surface area contributed by atoms with Crippen LogP contribution >= 0.6 is 0 Å². The van der Waals surface area contributed by atoms with Gasteiger partial charge in [-0.3, -0.25) is 4.79 Å². The predicted molar refractivity (Wildman–Crippen MR) is 61.0 cm³/mol. The average Bonchev–Trinajstić information content (AvgIpc) is 2.77. The SMILES string of the molecule is CCOC(=O)C(CN)c1ccc2c(c1)OCO2. The predicted octanol–water partition coefficient (Wildman–Crippen LogP) is 1.02. The molecule has 0 spiro atoms. The van der Waals surface area contributed by atoms with E-state index in [2.05, 4.69) is 0 Å². The highest BCUT2D eigenvalue weighted by Gasteiger charge is 2.23. The van der Waals surface area contributed by atoms with Gasteiger partial charge in [0, 0.05) is 6.54 Å². The van der Waals surface area contributed by atoms with Crippen LogP contribution in [-0.2, 0) is 9.53 Å². The Bertz CT molecular complexity index is 419. The van der Waals surface area contributed by atoms with Gasteiger partial charge in [-0.2, -0.15) is 0 Å². The molecular weight excluding hydrogens is 222 g/mol. The van der Waals surface area contributed by atoms with Crippen molar-refractivity contribution >= 4 is 5.97 Å². The lowest BCUT2D eigenvalue weighted by Gasteiger charge is -2.14. The highest BCUT2D eigenvalue weighted by atomic mass is 16.7. The zero-order valence-corrected chi connectivity index (χ0v) is 9.64. The number of fused-ring (bicyclic) bond motifs is 1. The number of carbonyl (C=O) groups excluding carboxylic acids is 1. The van der Waals surface area contributed by atoms with Crippen molar-refractivity contribution in [3.63, 3.8) is 0 Å². The van der Waals surface area contributed by atoms with Crippen molar-refractivity contribution in [2.75, 3.05) is 19.9 Å². The maximum atomic E-state index is 11.7. The molecule has 0 saturated heterocycles. The van der Waals surface area contributed by atoms with E-state index >= 15 is 0 Å². The molecule has 1 heterocycles. The Kier molecular flexibility index (Phi) is 3.49. The molecule has 92 valence electrons. The third-order valence-electron chi connectivity index (χ3n) is 2.61. The van der Waals surface area contributed by atoms with Crippen molar-refractivity contribution < 1.29 is 19.0 Å². The maximum absolute atomic E-state index is 11.7. The smallest absolute Gasteiger partial charge is 0.314 e. The second-order valence-electron chi connectivity index (χ2n) is 3.65. The lowest BCUT2D eigenvalue weighted by Crippen LogP contribution is -2.23. The van der Waals surface area contributed by atoms with Crippen molar-refractivity contribution in [3.05, 3.63) is 23.8 Å². The van der Waals surface area contributed by atoms with Gasteiger partial charge in [-0.15, -0.1) is 0 Å². The minimum Gasteiger partial charge on any atom is -0.465 e. The zero-order valence-electron chi connectivity index (χ0n) is 9.64. The van der Waals surface area contributed by atoms with Crippen LogP contribution in [0.4, 0.5) is 0 Å². The van der Waals surface area contributed by atoms with Gasteiger partial charge in [0.25, 0.3) is 0 Å². The molecule has 0 radical (unpaired) electrons. The van der Waals surface area contributed by atoms with Gasteiger partial charge < -0.3 is 19.9 Å². The molecule has 0 amide bonds. The molecule has 1 aliphatic heterocycles. The van der Waals surface area contributed by atoms with Crippen molar-refractivity contribution in [2.45, 2.75) is 12.8 Å². The van der Waals surface area contributed by atoms with Crippen molar-refractivity contribution in [2.24, 2.45) is 5.73 Å². The van der Waals surface area contributed by atoms with E-state index in [1.165, 1.54) is 0 Å². The highest BCUT2D eigenvalue weighted by Crippen LogP contribution is 2.34. The van der Waals surface area contributed by atoms with E-state index in [9.17, 15) is 4.79 Å². The molecule has 0 aliphatic carbocycles. The highest BCUT2D eigenvalue weighted by molar-refractivity contribution is 5.78.